The van der Waals surface area contributed by atoms with Crippen LogP contribution in [-0.4, -0.2) is 38.3 Å². The summed E-state index contributed by atoms with van der Waals surface area (Å²) in [5, 5.41) is 6.65. The number of rotatable bonds is 3. The molecule has 0 bridgehead atoms. The van der Waals surface area contributed by atoms with Crippen LogP contribution in [0.2, 0.25) is 0 Å². The quantitative estimate of drug-likeness (QED) is 0.835. The van der Waals surface area contributed by atoms with Gasteiger partial charge in [0.2, 0.25) is 5.91 Å². The van der Waals surface area contributed by atoms with Gasteiger partial charge in [-0.2, -0.15) is 0 Å². The maximum Gasteiger partial charge on any atom is 0.223 e. The van der Waals surface area contributed by atoms with Gasteiger partial charge in [-0.1, -0.05) is 0 Å². The van der Waals surface area contributed by atoms with Gasteiger partial charge in [0, 0.05) is 25.2 Å². The Kier molecular flexibility index (Phi) is 5.32. The lowest BCUT2D eigenvalue weighted by molar-refractivity contribution is -0.124. The lowest BCUT2D eigenvalue weighted by Gasteiger charge is -2.29. The average molecular weight is 303 g/mol. The Morgan fingerprint density at radius 1 is 1.30 bits per heavy atom. The maximum absolute atomic E-state index is 12.4. The summed E-state index contributed by atoms with van der Waals surface area (Å²) in [4.78, 5) is 12.4. The number of carbonyl (C=O) groups excluding carboxylic acids is 1. The largest absolute Gasteiger partial charge is 0.381 e. The van der Waals surface area contributed by atoms with E-state index < -0.39 is 0 Å². The maximum atomic E-state index is 12.4. The van der Waals surface area contributed by atoms with E-state index in [0.717, 1.165) is 45.6 Å². The molecule has 2 saturated heterocycles. The van der Waals surface area contributed by atoms with E-state index in [4.69, 9.17) is 4.74 Å². The highest BCUT2D eigenvalue weighted by molar-refractivity contribution is 5.85. The molecule has 2 unspecified atom stereocenters. The van der Waals surface area contributed by atoms with E-state index in [1.807, 2.05) is 0 Å². The standard InChI is InChI=1S/C15H26N2O2.ClH/c1-11(12-2-8-19-9-3-12)17-14(18)13-10-15(13)4-6-16-7-5-15;/h11-13,16H,2-10H2,1H3,(H,17,18);1H. The minimum absolute atomic E-state index is 0. The van der Waals surface area contributed by atoms with Crippen molar-refractivity contribution in [3.63, 3.8) is 0 Å². The monoisotopic (exact) mass is 302 g/mol. The third-order valence-corrected chi connectivity index (χ3v) is 5.45. The second-order valence-electron chi connectivity index (χ2n) is 6.62. The van der Waals surface area contributed by atoms with Crippen LogP contribution in [0, 0.1) is 17.3 Å². The minimum atomic E-state index is 0. The molecule has 1 aliphatic carbocycles. The van der Waals surface area contributed by atoms with Crippen LogP contribution < -0.4 is 10.6 Å². The van der Waals surface area contributed by atoms with Crippen LogP contribution in [0.25, 0.3) is 0 Å². The molecule has 4 nitrogen and oxygen atoms in total. The first-order valence-electron chi connectivity index (χ1n) is 7.80. The fourth-order valence-electron chi connectivity index (χ4n) is 3.85. The van der Waals surface area contributed by atoms with Crippen LogP contribution in [0.15, 0.2) is 0 Å². The Hall–Kier alpha value is -0.320. The van der Waals surface area contributed by atoms with Crippen LogP contribution >= 0.6 is 12.4 Å². The third-order valence-electron chi connectivity index (χ3n) is 5.45. The van der Waals surface area contributed by atoms with Crippen molar-refractivity contribution in [3.8, 4) is 0 Å². The van der Waals surface area contributed by atoms with Crippen LogP contribution in [0.5, 0.6) is 0 Å². The zero-order valence-electron chi connectivity index (χ0n) is 12.3. The molecular formula is C15H27ClN2O2. The summed E-state index contributed by atoms with van der Waals surface area (Å²) in [6.07, 6.45) is 5.64. The van der Waals surface area contributed by atoms with Crippen molar-refractivity contribution in [1.82, 2.24) is 10.6 Å². The van der Waals surface area contributed by atoms with E-state index in [0.29, 0.717) is 23.3 Å². The van der Waals surface area contributed by atoms with E-state index in [9.17, 15) is 4.79 Å². The number of hydrogen-bond acceptors (Lipinski definition) is 3. The Balaban J connectivity index is 0.00000147. The first-order valence-corrected chi connectivity index (χ1v) is 7.80. The Labute approximate surface area is 127 Å². The predicted octanol–water partition coefficient (Wildman–Crippen LogP) is 1.73. The molecule has 2 N–H and O–H groups in total. The van der Waals surface area contributed by atoms with E-state index in [-0.39, 0.29) is 18.3 Å². The van der Waals surface area contributed by atoms with Gasteiger partial charge in [-0.05, 0) is 63.5 Å². The fraction of sp³-hybridized carbons (Fsp3) is 0.933. The van der Waals surface area contributed by atoms with Gasteiger partial charge >= 0.3 is 0 Å². The van der Waals surface area contributed by atoms with Gasteiger partial charge in [0.25, 0.3) is 0 Å². The molecule has 1 amide bonds. The van der Waals surface area contributed by atoms with Gasteiger partial charge in [0.05, 0.1) is 0 Å². The average Bonchev–Trinajstić information content (AvgIpc) is 3.14. The first kappa shape index (κ1) is 16.1. The number of amides is 1. The van der Waals surface area contributed by atoms with Gasteiger partial charge in [0.15, 0.2) is 0 Å². The van der Waals surface area contributed by atoms with Gasteiger partial charge < -0.3 is 15.4 Å². The van der Waals surface area contributed by atoms with Crippen molar-refractivity contribution in [2.45, 2.75) is 45.1 Å². The SMILES string of the molecule is CC(NC(=O)C1CC12CCNCC2)C1CCOCC1.Cl. The normalized spacial score (nSPS) is 30.4. The van der Waals surface area contributed by atoms with E-state index in [2.05, 4.69) is 17.6 Å². The summed E-state index contributed by atoms with van der Waals surface area (Å²) in [6.45, 7) is 6.03. The number of carbonyl (C=O) groups is 1. The fourth-order valence-corrected chi connectivity index (χ4v) is 3.85. The van der Waals surface area contributed by atoms with Crippen molar-refractivity contribution < 1.29 is 9.53 Å². The number of piperidine rings is 1. The second-order valence-corrected chi connectivity index (χ2v) is 6.62. The first-order chi connectivity index (χ1) is 9.21. The Bertz CT molecular complexity index is 339. The molecule has 2 aliphatic heterocycles. The predicted molar refractivity (Wildman–Crippen MR) is 81.0 cm³/mol. The molecule has 0 radical (unpaired) electrons. The van der Waals surface area contributed by atoms with Crippen molar-refractivity contribution in [1.29, 1.82) is 0 Å². The molecule has 2 heterocycles. The highest BCUT2D eigenvalue weighted by Gasteiger charge is 2.57. The zero-order chi connectivity index (χ0) is 13.3. The summed E-state index contributed by atoms with van der Waals surface area (Å²) >= 11 is 0. The molecule has 116 valence electrons. The summed E-state index contributed by atoms with van der Waals surface area (Å²) < 4.78 is 5.39. The second kappa shape index (κ2) is 6.63. The lowest BCUT2D eigenvalue weighted by Crippen LogP contribution is -2.42. The topological polar surface area (TPSA) is 50.4 Å². The summed E-state index contributed by atoms with van der Waals surface area (Å²) in [7, 11) is 0. The number of ether oxygens (including phenoxy) is 1. The van der Waals surface area contributed by atoms with Crippen LogP contribution in [0.1, 0.15) is 39.0 Å². The molecule has 0 aromatic heterocycles. The third kappa shape index (κ3) is 3.29. The van der Waals surface area contributed by atoms with E-state index in [1.54, 1.807) is 0 Å². The molecule has 3 rings (SSSR count). The Morgan fingerprint density at radius 3 is 2.60 bits per heavy atom. The molecule has 1 saturated carbocycles. The minimum Gasteiger partial charge on any atom is -0.381 e. The van der Waals surface area contributed by atoms with Gasteiger partial charge in [-0.25, -0.2) is 0 Å². The van der Waals surface area contributed by atoms with Crippen molar-refractivity contribution >= 4 is 18.3 Å². The smallest absolute Gasteiger partial charge is 0.223 e. The van der Waals surface area contributed by atoms with Crippen molar-refractivity contribution in [3.05, 3.63) is 0 Å². The van der Waals surface area contributed by atoms with Gasteiger partial charge in [0.1, 0.15) is 0 Å². The zero-order valence-corrected chi connectivity index (χ0v) is 13.1. The van der Waals surface area contributed by atoms with Crippen LogP contribution in [0.3, 0.4) is 0 Å². The molecule has 0 aromatic rings. The summed E-state index contributed by atoms with van der Waals surface area (Å²) in [5.74, 6) is 1.19. The summed E-state index contributed by atoms with van der Waals surface area (Å²) in [6, 6.07) is 0.302. The number of halogens is 1. The molecule has 0 aromatic carbocycles. The van der Waals surface area contributed by atoms with Crippen molar-refractivity contribution in [2.24, 2.45) is 17.3 Å². The molecule has 3 fully saturated rings. The van der Waals surface area contributed by atoms with Crippen LogP contribution in [0.4, 0.5) is 0 Å². The van der Waals surface area contributed by atoms with Crippen molar-refractivity contribution in [2.75, 3.05) is 26.3 Å². The Morgan fingerprint density at radius 2 is 1.95 bits per heavy atom. The van der Waals surface area contributed by atoms with E-state index >= 15 is 0 Å². The number of hydrogen-bond donors (Lipinski definition) is 2. The number of nitrogens with one attached hydrogen (secondary N) is 2. The summed E-state index contributed by atoms with van der Waals surface area (Å²) in [5.41, 5.74) is 0.352. The lowest BCUT2D eigenvalue weighted by atomic mass is 9.90. The van der Waals surface area contributed by atoms with Crippen LogP contribution in [-0.2, 0) is 9.53 Å². The van der Waals surface area contributed by atoms with E-state index in [1.165, 1.54) is 12.8 Å². The van der Waals surface area contributed by atoms with Gasteiger partial charge in [-0.15, -0.1) is 12.4 Å². The highest BCUT2D eigenvalue weighted by Crippen LogP contribution is 2.58. The molecule has 20 heavy (non-hydrogen) atoms. The molecular weight excluding hydrogens is 276 g/mol. The molecule has 1 spiro atoms. The van der Waals surface area contributed by atoms with Gasteiger partial charge in [-0.3, -0.25) is 4.79 Å². The highest BCUT2D eigenvalue weighted by atomic mass is 35.5. The molecule has 5 heteroatoms. The molecule has 3 aliphatic rings. The molecule has 2 atom stereocenters.